The summed E-state index contributed by atoms with van der Waals surface area (Å²) in [5.74, 6) is 1.32. The highest BCUT2D eigenvalue weighted by atomic mass is 79.9. The predicted molar refractivity (Wildman–Crippen MR) is 117 cm³/mol. The van der Waals surface area contributed by atoms with Gasteiger partial charge in [-0.3, -0.25) is 9.10 Å². The summed E-state index contributed by atoms with van der Waals surface area (Å²) < 4.78 is 26.0. The van der Waals surface area contributed by atoms with Crippen molar-refractivity contribution in [2.24, 2.45) is 0 Å². The van der Waals surface area contributed by atoms with Gasteiger partial charge in [-0.15, -0.1) is 0 Å². The van der Waals surface area contributed by atoms with Crippen molar-refractivity contribution in [1.82, 2.24) is 5.32 Å². The summed E-state index contributed by atoms with van der Waals surface area (Å²) >= 11 is 5.04. The summed E-state index contributed by atoms with van der Waals surface area (Å²) in [4.78, 5) is 12.2. The van der Waals surface area contributed by atoms with Crippen LogP contribution in [0.15, 0.2) is 53.0 Å². The number of nitrogens with zero attached hydrogens (tertiary/aromatic N) is 1. The molecule has 2 aromatic rings. The quantitative estimate of drug-likeness (QED) is 0.568. The molecule has 0 atom stereocenters. The number of carbonyl (C=O) groups excluding carboxylic acids is 1. The molecule has 5 nitrogen and oxygen atoms in total. The zero-order chi connectivity index (χ0) is 19.9. The van der Waals surface area contributed by atoms with E-state index in [1.807, 2.05) is 6.07 Å². The van der Waals surface area contributed by atoms with Crippen molar-refractivity contribution in [3.8, 4) is 0 Å². The van der Waals surface area contributed by atoms with Gasteiger partial charge in [-0.1, -0.05) is 45.8 Å². The fraction of sp³-hybridized carbons (Fsp3) is 0.316. The van der Waals surface area contributed by atoms with Crippen LogP contribution in [-0.4, -0.2) is 39.4 Å². The van der Waals surface area contributed by atoms with Gasteiger partial charge in [0.2, 0.25) is 15.9 Å². The Morgan fingerprint density at radius 2 is 1.89 bits per heavy atom. The lowest BCUT2D eigenvalue weighted by atomic mass is 10.2. The number of hydrogen-bond donors (Lipinski definition) is 1. The molecule has 0 aliphatic carbocycles. The molecule has 0 heterocycles. The van der Waals surface area contributed by atoms with Gasteiger partial charge in [0, 0.05) is 22.5 Å². The minimum atomic E-state index is -3.55. The van der Waals surface area contributed by atoms with Crippen LogP contribution < -0.4 is 9.62 Å². The second-order valence-corrected chi connectivity index (χ2v) is 10.1. The number of thioether (sulfide) groups is 1. The van der Waals surface area contributed by atoms with Gasteiger partial charge in [0.1, 0.15) is 6.54 Å². The highest BCUT2D eigenvalue weighted by Gasteiger charge is 2.20. The summed E-state index contributed by atoms with van der Waals surface area (Å²) in [5.41, 5.74) is 2.95. The van der Waals surface area contributed by atoms with Gasteiger partial charge in [-0.25, -0.2) is 8.42 Å². The highest BCUT2D eigenvalue weighted by Crippen LogP contribution is 2.20. The molecule has 0 spiro atoms. The van der Waals surface area contributed by atoms with Crippen LogP contribution in [0.4, 0.5) is 5.69 Å². The highest BCUT2D eigenvalue weighted by molar-refractivity contribution is 9.10. The van der Waals surface area contributed by atoms with E-state index in [1.165, 1.54) is 11.1 Å². The summed E-state index contributed by atoms with van der Waals surface area (Å²) in [6.07, 6.45) is 1.10. The van der Waals surface area contributed by atoms with Gasteiger partial charge in [0.25, 0.3) is 0 Å². The number of carbonyl (C=O) groups is 1. The van der Waals surface area contributed by atoms with E-state index in [9.17, 15) is 13.2 Å². The van der Waals surface area contributed by atoms with Crippen LogP contribution in [0.2, 0.25) is 0 Å². The molecule has 0 bridgehead atoms. The Bertz CT molecular complexity index is 871. The first-order valence-corrected chi connectivity index (χ1v) is 12.2. The van der Waals surface area contributed by atoms with E-state index >= 15 is 0 Å². The predicted octanol–water partition coefficient (Wildman–Crippen LogP) is 3.57. The van der Waals surface area contributed by atoms with Gasteiger partial charge in [-0.2, -0.15) is 11.8 Å². The van der Waals surface area contributed by atoms with Crippen molar-refractivity contribution in [2.45, 2.75) is 12.7 Å². The second-order valence-electron chi connectivity index (χ2n) is 6.14. The molecule has 146 valence electrons. The van der Waals surface area contributed by atoms with Crippen LogP contribution in [0.3, 0.4) is 0 Å². The van der Waals surface area contributed by atoms with Crippen molar-refractivity contribution in [3.63, 3.8) is 0 Å². The van der Waals surface area contributed by atoms with E-state index in [1.54, 1.807) is 36.0 Å². The molecule has 2 aromatic carbocycles. The number of nitrogens with one attached hydrogen (secondary N) is 1. The van der Waals surface area contributed by atoms with Crippen LogP contribution >= 0.6 is 27.7 Å². The zero-order valence-corrected chi connectivity index (χ0v) is 18.5. The number of amides is 1. The molecular weight excluding hydrogens is 448 g/mol. The lowest BCUT2D eigenvalue weighted by molar-refractivity contribution is -0.119. The van der Waals surface area contributed by atoms with Crippen LogP contribution in [0.5, 0.6) is 0 Å². The van der Waals surface area contributed by atoms with Crippen molar-refractivity contribution < 1.29 is 13.2 Å². The summed E-state index contributed by atoms with van der Waals surface area (Å²) in [7, 11) is -3.55. The molecule has 0 aromatic heterocycles. The van der Waals surface area contributed by atoms with Gasteiger partial charge >= 0.3 is 0 Å². The van der Waals surface area contributed by atoms with Gasteiger partial charge in [0.05, 0.1) is 11.9 Å². The first-order valence-electron chi connectivity index (χ1n) is 8.39. The fourth-order valence-electron chi connectivity index (χ4n) is 2.45. The van der Waals surface area contributed by atoms with Gasteiger partial charge < -0.3 is 5.32 Å². The zero-order valence-electron chi connectivity index (χ0n) is 15.3. The smallest absolute Gasteiger partial charge is 0.240 e. The monoisotopic (exact) mass is 470 g/mol. The SMILES string of the molecule is Cc1cccc(CSCCNC(=O)CN(c2ccc(Br)cc2)S(C)(=O)=O)c1. The maximum atomic E-state index is 12.2. The maximum Gasteiger partial charge on any atom is 0.240 e. The standard InChI is InChI=1S/C19H23BrN2O3S2/c1-15-4-3-5-16(12-15)14-26-11-10-21-19(23)13-22(27(2,24)25)18-8-6-17(20)7-9-18/h3-9,12H,10-11,13-14H2,1-2H3,(H,21,23). The summed E-state index contributed by atoms with van der Waals surface area (Å²) in [6.45, 7) is 2.32. The normalized spacial score (nSPS) is 11.2. The summed E-state index contributed by atoms with van der Waals surface area (Å²) in [6, 6.07) is 15.1. The fourth-order valence-corrected chi connectivity index (χ4v) is 4.38. The van der Waals surface area contributed by atoms with Crippen LogP contribution in [0.1, 0.15) is 11.1 Å². The van der Waals surface area contributed by atoms with Crippen molar-refractivity contribution in [1.29, 1.82) is 0 Å². The molecule has 1 amide bonds. The molecule has 0 fully saturated rings. The third-order valence-corrected chi connectivity index (χ3v) is 6.42. The summed E-state index contributed by atoms with van der Waals surface area (Å²) in [5, 5.41) is 2.79. The van der Waals surface area contributed by atoms with E-state index in [4.69, 9.17) is 0 Å². The lowest BCUT2D eigenvalue weighted by Crippen LogP contribution is -2.41. The largest absolute Gasteiger partial charge is 0.354 e. The van der Waals surface area contributed by atoms with Crippen LogP contribution in [-0.2, 0) is 20.6 Å². The molecule has 27 heavy (non-hydrogen) atoms. The number of rotatable bonds is 9. The van der Waals surface area contributed by atoms with Crippen molar-refractivity contribution in [2.75, 3.05) is 29.4 Å². The first kappa shape index (κ1) is 21.8. The minimum Gasteiger partial charge on any atom is -0.354 e. The average molecular weight is 471 g/mol. The Morgan fingerprint density at radius 3 is 2.52 bits per heavy atom. The maximum absolute atomic E-state index is 12.2. The average Bonchev–Trinajstić information content (AvgIpc) is 2.59. The lowest BCUT2D eigenvalue weighted by Gasteiger charge is -2.22. The molecule has 0 radical (unpaired) electrons. The molecule has 8 heteroatoms. The Morgan fingerprint density at radius 1 is 1.19 bits per heavy atom. The molecule has 0 saturated heterocycles. The number of aryl methyl sites for hydroxylation is 1. The number of halogens is 1. The Balaban J connectivity index is 1.81. The topological polar surface area (TPSA) is 66.5 Å². The Hall–Kier alpha value is -1.51. The third-order valence-electron chi connectivity index (χ3n) is 3.72. The molecule has 0 aliphatic heterocycles. The van der Waals surface area contributed by atoms with Gasteiger partial charge in [0.15, 0.2) is 0 Å². The minimum absolute atomic E-state index is 0.233. The molecule has 0 unspecified atom stereocenters. The first-order chi connectivity index (χ1) is 12.8. The van der Waals surface area contributed by atoms with Gasteiger partial charge in [-0.05, 0) is 36.8 Å². The molecule has 0 saturated carbocycles. The van der Waals surface area contributed by atoms with Crippen molar-refractivity contribution in [3.05, 3.63) is 64.1 Å². The molecule has 2 rings (SSSR count). The van der Waals surface area contributed by atoms with E-state index in [0.29, 0.717) is 12.2 Å². The van der Waals surface area contributed by atoms with E-state index in [-0.39, 0.29) is 12.5 Å². The van der Waals surface area contributed by atoms with E-state index < -0.39 is 10.0 Å². The molecular formula is C19H23BrN2O3S2. The number of sulfonamides is 1. The Kier molecular flexibility index (Phi) is 8.19. The number of hydrogen-bond acceptors (Lipinski definition) is 4. The number of benzene rings is 2. The van der Waals surface area contributed by atoms with E-state index in [2.05, 4.69) is 46.4 Å². The number of anilines is 1. The Labute approximate surface area is 173 Å². The van der Waals surface area contributed by atoms with Crippen LogP contribution in [0.25, 0.3) is 0 Å². The molecule has 0 aliphatic rings. The van der Waals surface area contributed by atoms with Crippen LogP contribution in [0, 0.1) is 6.92 Å². The van der Waals surface area contributed by atoms with E-state index in [0.717, 1.165) is 26.5 Å². The second kappa shape index (κ2) is 10.1. The van der Waals surface area contributed by atoms with Crippen molar-refractivity contribution >= 4 is 49.3 Å². The molecule has 1 N–H and O–H groups in total. The third kappa shape index (κ3) is 7.56.